The molecule has 0 bridgehead atoms. The standard InChI is InChI=1S/C46H32N14O18S4/c61-39(62)31-20-34(50-44-52-42(54-46(66)56-44)48-22-9-13-24(14-10-22)58-60-26-16-30-28(38(18-26)82(76,77)78)4-2-6-36(30)80(70,71)72)32(40(63)64)19-33(31)49-43-51-41(53-45(65)55-43)47-21-7-11-23(12-8-21)57-59-25-15-29-27(37(17-25)81(73,74)75)3-1-5-35(29)79(67,68)69/h1-20H,(H,61,62)(H,63,64)(H,67,68,69)(H,70,71,72)(H,73,74,75)(H,76,77,78)(H3,47,49,51,53,55,65)(H3,48,50,52,54,56,66)/b59-57+,60-58+. The molecule has 2 heterocycles. The van der Waals surface area contributed by atoms with Crippen LogP contribution < -0.4 is 21.3 Å². The maximum absolute atomic E-state index is 12.6. The zero-order chi connectivity index (χ0) is 59.1. The number of aromatic hydroxyl groups is 2. The number of rotatable bonds is 18. The molecule has 82 heavy (non-hydrogen) atoms. The molecule has 0 aliphatic rings. The lowest BCUT2D eigenvalue weighted by atomic mass is 10.1. The molecule has 0 fully saturated rings. The second-order valence-electron chi connectivity index (χ2n) is 16.6. The smallest absolute Gasteiger partial charge is 0.337 e. The van der Waals surface area contributed by atoms with Crippen LogP contribution in [0.4, 0.5) is 69.3 Å². The molecular formula is C46H32N14O18S4. The van der Waals surface area contributed by atoms with E-state index in [0.29, 0.717) is 0 Å². The van der Waals surface area contributed by atoms with Crippen molar-refractivity contribution in [2.45, 2.75) is 19.6 Å². The van der Waals surface area contributed by atoms with Crippen LogP contribution in [0, 0.1) is 0 Å². The fraction of sp³-hybridized carbons (Fsp3) is 0. The Balaban J connectivity index is 0.900. The molecule has 12 N–H and O–H groups in total. The molecule has 0 saturated heterocycles. The third kappa shape index (κ3) is 12.9. The number of aromatic nitrogens is 6. The summed E-state index contributed by atoms with van der Waals surface area (Å²) in [6.07, 6.45) is 0. The molecule has 0 aliphatic heterocycles. The van der Waals surface area contributed by atoms with Crippen LogP contribution in [0.1, 0.15) is 20.7 Å². The number of anilines is 8. The summed E-state index contributed by atoms with van der Waals surface area (Å²) in [5.74, 6) is -4.81. The highest BCUT2D eigenvalue weighted by Crippen LogP contribution is 2.37. The molecule has 0 unspecified atom stereocenters. The van der Waals surface area contributed by atoms with Gasteiger partial charge in [0.05, 0.1) is 45.3 Å². The van der Waals surface area contributed by atoms with Crippen molar-refractivity contribution >= 4 is 143 Å². The van der Waals surface area contributed by atoms with Crippen LogP contribution in [0.5, 0.6) is 12.0 Å². The van der Waals surface area contributed by atoms with Crippen LogP contribution >= 0.6 is 0 Å². The molecule has 0 atom stereocenters. The minimum Gasteiger partial charge on any atom is -0.479 e. The van der Waals surface area contributed by atoms with Crippen LogP contribution in [0.3, 0.4) is 0 Å². The largest absolute Gasteiger partial charge is 0.479 e. The first kappa shape index (κ1) is 56.4. The number of hydrogen-bond acceptors (Lipinski definition) is 26. The number of hydrogen-bond donors (Lipinski definition) is 12. The van der Waals surface area contributed by atoms with Crippen molar-refractivity contribution in [3.8, 4) is 12.0 Å². The van der Waals surface area contributed by atoms with E-state index in [1.54, 1.807) is 0 Å². The third-order valence-corrected chi connectivity index (χ3v) is 14.7. The number of azo groups is 2. The molecule has 0 radical (unpaired) electrons. The summed E-state index contributed by atoms with van der Waals surface area (Å²) in [6, 6.07) is 22.2. The molecule has 7 aromatic carbocycles. The summed E-state index contributed by atoms with van der Waals surface area (Å²) in [4.78, 5) is 45.8. The number of nitrogens with zero attached hydrogens (tertiary/aromatic N) is 10. The molecule has 32 nitrogen and oxygen atoms in total. The first-order chi connectivity index (χ1) is 38.5. The van der Waals surface area contributed by atoms with Gasteiger partial charge in [-0.05, 0) is 97.1 Å². The van der Waals surface area contributed by atoms with Gasteiger partial charge in [-0.25, -0.2) is 9.59 Å². The van der Waals surface area contributed by atoms with E-state index in [-0.39, 0.29) is 67.6 Å². The van der Waals surface area contributed by atoms with E-state index in [2.05, 4.69) is 71.6 Å². The van der Waals surface area contributed by atoms with E-state index < -0.39 is 118 Å². The van der Waals surface area contributed by atoms with Crippen molar-refractivity contribution in [3.05, 3.63) is 132 Å². The lowest BCUT2D eigenvalue weighted by Gasteiger charge is -2.15. The molecule has 0 amide bonds. The Morgan fingerprint density at radius 1 is 0.366 bits per heavy atom. The van der Waals surface area contributed by atoms with E-state index in [4.69, 9.17) is 0 Å². The number of carboxylic acids is 2. The highest BCUT2D eigenvalue weighted by molar-refractivity contribution is 7.87. The summed E-state index contributed by atoms with van der Waals surface area (Å²) in [7, 11) is -19.5. The van der Waals surface area contributed by atoms with Crippen molar-refractivity contribution in [3.63, 3.8) is 0 Å². The average Bonchev–Trinajstić information content (AvgIpc) is 3.17. The van der Waals surface area contributed by atoms with Crippen LogP contribution in [-0.2, 0) is 40.5 Å². The van der Waals surface area contributed by atoms with Crippen LogP contribution in [0.25, 0.3) is 21.5 Å². The highest BCUT2D eigenvalue weighted by Gasteiger charge is 2.25. The predicted octanol–water partition coefficient (Wildman–Crippen LogP) is 7.96. The van der Waals surface area contributed by atoms with Gasteiger partial charge in [0, 0.05) is 32.9 Å². The number of nitrogens with one attached hydrogen (secondary N) is 4. The van der Waals surface area contributed by atoms with Gasteiger partial charge < -0.3 is 41.7 Å². The highest BCUT2D eigenvalue weighted by atomic mass is 32.2. The van der Waals surface area contributed by atoms with Gasteiger partial charge in [0.25, 0.3) is 40.5 Å². The van der Waals surface area contributed by atoms with Crippen LogP contribution in [0.15, 0.2) is 161 Å². The number of carbonyl (C=O) groups is 2. The van der Waals surface area contributed by atoms with Gasteiger partial charge in [-0.1, -0.05) is 24.3 Å². The Hall–Kier alpha value is -10.3. The normalized spacial score (nSPS) is 12.2. The van der Waals surface area contributed by atoms with Gasteiger partial charge >= 0.3 is 24.0 Å². The average molecular weight is 1200 g/mol. The quantitative estimate of drug-likeness (QED) is 0.0286. The number of fused-ring (bicyclic) bond motifs is 2. The maximum Gasteiger partial charge on any atom is 0.337 e. The summed E-state index contributed by atoms with van der Waals surface area (Å²) in [5.41, 5.74) is -1.59. The molecule has 36 heteroatoms. The summed E-state index contributed by atoms with van der Waals surface area (Å²) in [5, 5.41) is 66.8. The molecular weight excluding hydrogens is 1160 g/mol. The zero-order valence-corrected chi connectivity index (χ0v) is 43.6. The monoisotopic (exact) mass is 1200 g/mol. The zero-order valence-electron chi connectivity index (χ0n) is 40.3. The topological polar surface area (TPSA) is 507 Å². The van der Waals surface area contributed by atoms with Crippen molar-refractivity contribution in [1.29, 1.82) is 0 Å². The fourth-order valence-corrected chi connectivity index (χ4v) is 10.5. The van der Waals surface area contributed by atoms with E-state index in [1.165, 1.54) is 72.8 Å². The Bertz CT molecular complexity index is 4380. The molecule has 418 valence electrons. The van der Waals surface area contributed by atoms with Crippen molar-refractivity contribution < 1.29 is 81.9 Å². The van der Waals surface area contributed by atoms with Gasteiger partial charge in [-0.3, -0.25) is 18.2 Å². The maximum atomic E-state index is 12.6. The first-order valence-corrected chi connectivity index (χ1v) is 28.0. The lowest BCUT2D eigenvalue weighted by Crippen LogP contribution is -2.12. The molecule has 0 spiro atoms. The van der Waals surface area contributed by atoms with Gasteiger partial charge in [-0.15, -0.1) is 0 Å². The lowest BCUT2D eigenvalue weighted by molar-refractivity contribution is 0.0683. The van der Waals surface area contributed by atoms with Crippen molar-refractivity contribution in [2.75, 3.05) is 21.3 Å². The Labute approximate surface area is 458 Å². The number of benzene rings is 7. The summed E-state index contributed by atoms with van der Waals surface area (Å²) < 4.78 is 136. The van der Waals surface area contributed by atoms with Crippen molar-refractivity contribution in [2.24, 2.45) is 20.5 Å². The summed E-state index contributed by atoms with van der Waals surface area (Å²) in [6.45, 7) is 0. The molecule has 9 aromatic rings. The van der Waals surface area contributed by atoms with Crippen LogP contribution in [0.2, 0.25) is 0 Å². The SMILES string of the molecule is O=C(O)c1cc(Nc2nc(O)nc(Nc3ccc(/N=N/c4cc(S(=O)(=O)O)c5cccc(S(=O)(=O)O)c5c4)cc3)n2)c(C(=O)O)cc1Nc1nc(O)nc(Nc2ccc(/N=N/c3cc(S(=O)(=O)O)c4cccc(S(=O)(=O)O)c4c3)cc2)n1. The molecule has 0 aliphatic carbocycles. The fourth-order valence-electron chi connectivity index (χ4n) is 7.68. The van der Waals surface area contributed by atoms with E-state index >= 15 is 0 Å². The van der Waals surface area contributed by atoms with Gasteiger partial charge in [0.15, 0.2) is 0 Å². The minimum absolute atomic E-state index is 0.154. The number of aromatic carboxylic acids is 2. The first-order valence-electron chi connectivity index (χ1n) is 22.3. The van der Waals surface area contributed by atoms with Gasteiger partial charge in [0.2, 0.25) is 23.8 Å². The van der Waals surface area contributed by atoms with Gasteiger partial charge in [-0.2, -0.15) is 84.0 Å². The van der Waals surface area contributed by atoms with E-state index in [1.807, 2.05) is 0 Å². The molecule has 9 rings (SSSR count). The van der Waals surface area contributed by atoms with E-state index in [0.717, 1.165) is 48.5 Å². The Kier molecular flexibility index (Phi) is 14.9. The second-order valence-corrected chi connectivity index (χ2v) is 22.2. The Morgan fingerprint density at radius 2 is 0.683 bits per heavy atom. The summed E-state index contributed by atoms with van der Waals surface area (Å²) >= 11 is 0. The minimum atomic E-state index is -4.92. The third-order valence-electron chi connectivity index (χ3n) is 11.1. The molecule has 2 aromatic heterocycles. The van der Waals surface area contributed by atoms with Crippen molar-refractivity contribution in [1.82, 2.24) is 29.9 Å². The van der Waals surface area contributed by atoms with E-state index in [9.17, 15) is 81.9 Å². The Morgan fingerprint density at radius 3 is 1.00 bits per heavy atom. The van der Waals surface area contributed by atoms with Crippen LogP contribution in [-0.4, -0.2) is 114 Å². The van der Waals surface area contributed by atoms with Gasteiger partial charge in [0.1, 0.15) is 19.6 Å². The molecule has 0 saturated carbocycles. The number of carboxylic acid groups (broad SMARTS) is 2. The predicted molar refractivity (Wildman–Crippen MR) is 285 cm³/mol. The second kappa shape index (κ2) is 21.7.